The number of imidazole rings is 1. The molecule has 0 saturated carbocycles. The molecule has 1 unspecified atom stereocenters. The lowest BCUT2D eigenvalue weighted by molar-refractivity contribution is 0.497. The highest BCUT2D eigenvalue weighted by Crippen LogP contribution is 2.32. The van der Waals surface area contributed by atoms with Gasteiger partial charge in [-0.3, -0.25) is 0 Å². The van der Waals surface area contributed by atoms with Crippen molar-refractivity contribution in [3.05, 3.63) is 46.5 Å². The summed E-state index contributed by atoms with van der Waals surface area (Å²) in [5, 5.41) is 14.4. The van der Waals surface area contributed by atoms with E-state index in [2.05, 4.69) is 21.1 Å². The van der Waals surface area contributed by atoms with E-state index in [4.69, 9.17) is 11.6 Å². The maximum Gasteiger partial charge on any atom is 0.152 e. The number of sulfone groups is 1. The minimum absolute atomic E-state index is 0.0334. The number of halogens is 1. The fourth-order valence-corrected chi connectivity index (χ4v) is 5.34. The van der Waals surface area contributed by atoms with E-state index in [-0.39, 0.29) is 17.5 Å². The van der Waals surface area contributed by atoms with Gasteiger partial charge in [0.25, 0.3) is 0 Å². The lowest BCUT2D eigenvalue weighted by Crippen LogP contribution is -2.12. The van der Waals surface area contributed by atoms with Crippen LogP contribution >= 0.6 is 11.6 Å². The number of aromatic amines is 1. The van der Waals surface area contributed by atoms with Crippen LogP contribution in [0.2, 0.25) is 5.15 Å². The first-order valence-electron chi connectivity index (χ1n) is 8.40. The lowest BCUT2D eigenvalue weighted by atomic mass is 10.1. The second kappa shape index (κ2) is 6.51. The van der Waals surface area contributed by atoms with Gasteiger partial charge >= 0.3 is 0 Å². The smallest absolute Gasteiger partial charge is 0.152 e. The normalized spacial score (nSPS) is 19.4. The summed E-state index contributed by atoms with van der Waals surface area (Å²) in [6, 6.07) is 9.39. The Bertz CT molecular complexity index is 1180. The number of allylic oxidation sites excluding steroid dienone is 1. The Kier molecular flexibility index (Phi) is 4.29. The highest BCUT2D eigenvalue weighted by atomic mass is 35.5. The molecular formula is C18H16ClN5O2S. The zero-order valence-electron chi connectivity index (χ0n) is 14.5. The van der Waals surface area contributed by atoms with Crippen LogP contribution in [0.1, 0.15) is 29.5 Å². The average Bonchev–Trinajstić information content (AvgIpc) is 3.29. The van der Waals surface area contributed by atoms with Crippen molar-refractivity contribution in [1.82, 2.24) is 19.7 Å². The number of para-hydroxylation sites is 2. The molecule has 0 spiro atoms. The topological polar surface area (TPSA) is 104 Å². The monoisotopic (exact) mass is 401 g/mol. The molecule has 1 aromatic carbocycles. The Morgan fingerprint density at radius 2 is 2.22 bits per heavy atom. The van der Waals surface area contributed by atoms with Crippen LogP contribution in [0.15, 0.2) is 24.3 Å². The molecule has 3 aromatic rings. The molecule has 1 saturated heterocycles. The van der Waals surface area contributed by atoms with E-state index in [0.717, 1.165) is 11.0 Å². The number of aryl methyl sites for hydroxylation is 1. The Hall–Kier alpha value is -2.63. The zero-order valence-corrected chi connectivity index (χ0v) is 16.0. The van der Waals surface area contributed by atoms with Crippen molar-refractivity contribution >= 4 is 44.1 Å². The first-order chi connectivity index (χ1) is 12.9. The van der Waals surface area contributed by atoms with Gasteiger partial charge < -0.3 is 4.98 Å². The number of hydrogen-bond acceptors (Lipinski definition) is 5. The van der Waals surface area contributed by atoms with Gasteiger partial charge in [0, 0.05) is 5.56 Å². The fraction of sp³-hybridized carbons (Fsp3) is 0.278. The first kappa shape index (κ1) is 17.8. The molecule has 1 fully saturated rings. The quantitative estimate of drug-likeness (QED) is 0.679. The molecule has 2 aromatic heterocycles. The summed E-state index contributed by atoms with van der Waals surface area (Å²) in [6.45, 7) is 1.78. The van der Waals surface area contributed by atoms with Gasteiger partial charge in [-0.1, -0.05) is 23.7 Å². The molecule has 138 valence electrons. The molecule has 27 heavy (non-hydrogen) atoms. The van der Waals surface area contributed by atoms with E-state index in [9.17, 15) is 13.7 Å². The van der Waals surface area contributed by atoms with Crippen molar-refractivity contribution in [2.75, 3.05) is 11.5 Å². The van der Waals surface area contributed by atoms with Crippen molar-refractivity contribution in [2.24, 2.45) is 0 Å². The second-order valence-corrected chi connectivity index (χ2v) is 9.15. The van der Waals surface area contributed by atoms with E-state index < -0.39 is 9.84 Å². The molecule has 7 nitrogen and oxygen atoms in total. The van der Waals surface area contributed by atoms with Gasteiger partial charge in [0.05, 0.1) is 39.8 Å². The standard InChI is InChI=1S/C18H16ClN5O2S/c1-11-14(17(19)24(23-11)13-6-7-27(25,26)10-13)8-12(9-20)18-21-15-4-2-3-5-16(15)22-18/h2-5,8,13H,6-7,10H2,1H3,(H,21,22). The van der Waals surface area contributed by atoms with Crippen LogP contribution in [0.3, 0.4) is 0 Å². The minimum atomic E-state index is -3.05. The Morgan fingerprint density at radius 3 is 2.89 bits per heavy atom. The molecule has 0 aliphatic carbocycles. The molecule has 0 bridgehead atoms. The van der Waals surface area contributed by atoms with Gasteiger partial charge in [0.15, 0.2) is 9.84 Å². The van der Waals surface area contributed by atoms with Gasteiger partial charge in [-0.2, -0.15) is 10.4 Å². The van der Waals surface area contributed by atoms with E-state index in [1.807, 2.05) is 24.3 Å². The van der Waals surface area contributed by atoms with E-state index in [1.54, 1.807) is 17.7 Å². The predicted molar refractivity (Wildman–Crippen MR) is 104 cm³/mol. The minimum Gasteiger partial charge on any atom is -0.337 e. The van der Waals surface area contributed by atoms with Crippen molar-refractivity contribution in [3.63, 3.8) is 0 Å². The molecule has 1 N–H and O–H groups in total. The lowest BCUT2D eigenvalue weighted by Gasteiger charge is -2.09. The molecule has 0 radical (unpaired) electrons. The average molecular weight is 402 g/mol. The number of H-pyrrole nitrogens is 1. The number of fused-ring (bicyclic) bond motifs is 1. The maximum absolute atomic E-state index is 11.8. The van der Waals surface area contributed by atoms with Crippen molar-refractivity contribution < 1.29 is 8.42 Å². The number of nitrogens with zero attached hydrogens (tertiary/aromatic N) is 4. The van der Waals surface area contributed by atoms with Gasteiger partial charge in [0.2, 0.25) is 0 Å². The van der Waals surface area contributed by atoms with Crippen molar-refractivity contribution in [3.8, 4) is 6.07 Å². The molecule has 3 heterocycles. The Labute approximate surface area is 161 Å². The third-order valence-corrected chi connectivity index (χ3v) is 6.81. The van der Waals surface area contributed by atoms with E-state index in [1.165, 1.54) is 0 Å². The molecule has 0 amide bonds. The summed E-state index contributed by atoms with van der Waals surface area (Å²) in [5.41, 5.74) is 3.16. The predicted octanol–water partition coefficient (Wildman–Crippen LogP) is 3.15. The fourth-order valence-electron chi connectivity index (χ4n) is 3.28. The van der Waals surface area contributed by atoms with Gasteiger partial charge in [-0.05, 0) is 31.6 Å². The van der Waals surface area contributed by atoms with Crippen molar-refractivity contribution in [2.45, 2.75) is 19.4 Å². The second-order valence-electron chi connectivity index (χ2n) is 6.56. The number of aromatic nitrogens is 4. The highest BCUT2D eigenvalue weighted by Gasteiger charge is 2.32. The van der Waals surface area contributed by atoms with Crippen LogP contribution < -0.4 is 0 Å². The molecule has 1 aliphatic rings. The van der Waals surface area contributed by atoms with Gasteiger partial charge in [-0.15, -0.1) is 0 Å². The third kappa shape index (κ3) is 3.24. The van der Waals surface area contributed by atoms with E-state index >= 15 is 0 Å². The highest BCUT2D eigenvalue weighted by molar-refractivity contribution is 7.91. The summed E-state index contributed by atoms with van der Waals surface area (Å²) in [6.07, 6.45) is 2.13. The molecule has 1 aliphatic heterocycles. The van der Waals surface area contributed by atoms with Crippen LogP contribution in [0.5, 0.6) is 0 Å². The number of hydrogen-bond donors (Lipinski definition) is 1. The van der Waals surface area contributed by atoms with Crippen LogP contribution in [0, 0.1) is 18.3 Å². The van der Waals surface area contributed by atoms with Crippen LogP contribution in [-0.2, 0) is 9.84 Å². The summed E-state index contributed by atoms with van der Waals surface area (Å²) in [4.78, 5) is 7.57. The Balaban J connectivity index is 1.75. The SMILES string of the molecule is Cc1nn(C2CCS(=O)(=O)C2)c(Cl)c1C=C(C#N)c1nc2ccccc2[nH]1. The zero-order chi connectivity index (χ0) is 19.2. The number of nitriles is 1. The molecule has 9 heteroatoms. The molecule has 1 atom stereocenters. The largest absolute Gasteiger partial charge is 0.337 e. The van der Waals surface area contributed by atoms with Gasteiger partial charge in [0.1, 0.15) is 17.0 Å². The third-order valence-electron chi connectivity index (χ3n) is 4.68. The summed E-state index contributed by atoms with van der Waals surface area (Å²) >= 11 is 6.49. The summed E-state index contributed by atoms with van der Waals surface area (Å²) in [7, 11) is -3.05. The van der Waals surface area contributed by atoms with Crippen LogP contribution in [-0.4, -0.2) is 39.7 Å². The molecule has 4 rings (SSSR count). The Morgan fingerprint density at radius 1 is 1.44 bits per heavy atom. The van der Waals surface area contributed by atoms with Crippen LogP contribution in [0.4, 0.5) is 0 Å². The number of nitrogens with one attached hydrogen (secondary N) is 1. The maximum atomic E-state index is 11.8. The first-order valence-corrected chi connectivity index (χ1v) is 10.6. The van der Waals surface area contributed by atoms with Gasteiger partial charge in [-0.25, -0.2) is 18.1 Å². The summed E-state index contributed by atoms with van der Waals surface area (Å²) in [5.74, 6) is 0.622. The van der Waals surface area contributed by atoms with Crippen molar-refractivity contribution in [1.29, 1.82) is 5.26 Å². The van der Waals surface area contributed by atoms with Crippen LogP contribution in [0.25, 0.3) is 22.7 Å². The van der Waals surface area contributed by atoms with E-state index in [0.29, 0.717) is 34.2 Å². The number of rotatable bonds is 3. The summed E-state index contributed by atoms with van der Waals surface area (Å²) < 4.78 is 25.1. The molecular weight excluding hydrogens is 386 g/mol. The number of benzene rings is 1.